The van der Waals surface area contributed by atoms with E-state index in [2.05, 4.69) is 11.4 Å². The summed E-state index contributed by atoms with van der Waals surface area (Å²) in [7, 11) is 0. The van der Waals surface area contributed by atoms with Gasteiger partial charge in [-0.15, -0.1) is 23.1 Å². The number of halogens is 1. The molecule has 0 unspecified atom stereocenters. The van der Waals surface area contributed by atoms with Crippen molar-refractivity contribution in [3.63, 3.8) is 0 Å². The molecule has 0 aliphatic carbocycles. The van der Waals surface area contributed by atoms with Crippen molar-refractivity contribution in [1.82, 2.24) is 4.90 Å². The number of rotatable bonds is 2. The summed E-state index contributed by atoms with van der Waals surface area (Å²) in [6.45, 7) is 0.800. The molecular weight excluding hydrogens is 298 g/mol. The number of hydrogen-bond acceptors (Lipinski definition) is 3. The van der Waals surface area contributed by atoms with Crippen LogP contribution in [0.3, 0.4) is 0 Å². The summed E-state index contributed by atoms with van der Waals surface area (Å²) in [6, 6.07) is 11.2. The monoisotopic (exact) mass is 309 g/mol. The van der Waals surface area contributed by atoms with E-state index in [4.69, 9.17) is 11.6 Å². The van der Waals surface area contributed by atoms with Gasteiger partial charge in [0.1, 0.15) is 5.37 Å². The minimum atomic E-state index is 0.0834. The highest BCUT2D eigenvalue weighted by molar-refractivity contribution is 7.99. The van der Waals surface area contributed by atoms with E-state index in [1.165, 1.54) is 4.88 Å². The topological polar surface area (TPSA) is 20.3 Å². The van der Waals surface area contributed by atoms with Crippen LogP contribution in [0.2, 0.25) is 5.02 Å². The lowest BCUT2D eigenvalue weighted by Crippen LogP contribution is -2.30. The van der Waals surface area contributed by atoms with E-state index >= 15 is 0 Å². The van der Waals surface area contributed by atoms with Crippen molar-refractivity contribution in [1.29, 1.82) is 0 Å². The first kappa shape index (κ1) is 13.0. The van der Waals surface area contributed by atoms with Crippen molar-refractivity contribution < 1.29 is 4.79 Å². The number of thioether (sulfide) groups is 1. The Morgan fingerprint density at radius 3 is 2.74 bits per heavy atom. The van der Waals surface area contributed by atoms with Crippen LogP contribution in [0.4, 0.5) is 0 Å². The van der Waals surface area contributed by atoms with E-state index < -0.39 is 0 Å². The predicted molar refractivity (Wildman–Crippen MR) is 82.0 cm³/mol. The van der Waals surface area contributed by atoms with Crippen LogP contribution in [0.5, 0.6) is 0 Å². The number of hydrogen-bond donors (Lipinski definition) is 0. The lowest BCUT2D eigenvalue weighted by Gasteiger charge is -2.23. The third-order valence-electron chi connectivity index (χ3n) is 3.03. The standard InChI is InChI=1S/C14H12ClNOS2/c15-11-5-3-10(4-6-11)13(17)16-7-9-19-14(16)12-2-1-8-18-12/h1-6,8,14H,7,9H2/t14-/m1/s1. The Labute approximate surface area is 125 Å². The summed E-state index contributed by atoms with van der Waals surface area (Å²) in [5.74, 6) is 1.07. The SMILES string of the molecule is O=C(c1ccc(Cl)cc1)N1CCS[C@@H]1c1cccs1. The van der Waals surface area contributed by atoms with Crippen LogP contribution in [0.15, 0.2) is 41.8 Å². The molecule has 1 atom stereocenters. The molecule has 2 nitrogen and oxygen atoms in total. The number of carbonyl (C=O) groups is 1. The van der Waals surface area contributed by atoms with E-state index in [1.807, 2.05) is 22.7 Å². The third kappa shape index (κ3) is 2.66. The Balaban J connectivity index is 1.84. The lowest BCUT2D eigenvalue weighted by molar-refractivity contribution is 0.0762. The number of carbonyl (C=O) groups excluding carboxylic acids is 1. The Kier molecular flexibility index (Phi) is 3.82. The van der Waals surface area contributed by atoms with Gasteiger partial charge < -0.3 is 4.90 Å². The van der Waals surface area contributed by atoms with Gasteiger partial charge in [0.15, 0.2) is 0 Å². The van der Waals surface area contributed by atoms with E-state index in [-0.39, 0.29) is 11.3 Å². The van der Waals surface area contributed by atoms with Crippen molar-refractivity contribution in [2.75, 3.05) is 12.3 Å². The smallest absolute Gasteiger partial charge is 0.255 e. The van der Waals surface area contributed by atoms with Crippen LogP contribution in [0.25, 0.3) is 0 Å². The molecule has 98 valence electrons. The van der Waals surface area contributed by atoms with Gasteiger partial charge in [0.05, 0.1) is 0 Å². The summed E-state index contributed by atoms with van der Waals surface area (Å²) in [5.41, 5.74) is 0.702. The highest BCUT2D eigenvalue weighted by Gasteiger charge is 2.31. The summed E-state index contributed by atoms with van der Waals surface area (Å²) >= 11 is 9.39. The van der Waals surface area contributed by atoms with E-state index in [1.54, 1.807) is 35.6 Å². The minimum Gasteiger partial charge on any atom is -0.321 e. The normalized spacial score (nSPS) is 18.8. The zero-order valence-corrected chi connectivity index (χ0v) is 12.5. The van der Waals surface area contributed by atoms with Crippen LogP contribution < -0.4 is 0 Å². The molecule has 0 N–H and O–H groups in total. The predicted octanol–water partition coefficient (Wildman–Crippen LogP) is 4.29. The average molecular weight is 310 g/mol. The first-order valence-electron chi connectivity index (χ1n) is 5.97. The number of amides is 1. The van der Waals surface area contributed by atoms with Crippen molar-refractivity contribution >= 4 is 40.6 Å². The van der Waals surface area contributed by atoms with Crippen LogP contribution in [-0.2, 0) is 0 Å². The lowest BCUT2D eigenvalue weighted by atomic mass is 10.2. The molecule has 1 aromatic carbocycles. The van der Waals surface area contributed by atoms with E-state index in [9.17, 15) is 4.79 Å². The van der Waals surface area contributed by atoms with Crippen LogP contribution in [0.1, 0.15) is 20.6 Å². The van der Waals surface area contributed by atoms with Crippen LogP contribution >= 0.6 is 34.7 Å². The summed E-state index contributed by atoms with van der Waals surface area (Å²) in [4.78, 5) is 15.7. The molecule has 3 rings (SSSR count). The molecule has 19 heavy (non-hydrogen) atoms. The van der Waals surface area contributed by atoms with Crippen molar-refractivity contribution in [3.05, 3.63) is 57.2 Å². The van der Waals surface area contributed by atoms with Gasteiger partial charge in [0, 0.05) is 27.8 Å². The highest BCUT2D eigenvalue weighted by atomic mass is 35.5. The first-order valence-corrected chi connectivity index (χ1v) is 8.28. The minimum absolute atomic E-state index is 0.0834. The first-order chi connectivity index (χ1) is 9.25. The highest BCUT2D eigenvalue weighted by Crippen LogP contribution is 2.40. The van der Waals surface area contributed by atoms with Crippen molar-refractivity contribution in [3.8, 4) is 0 Å². The molecular formula is C14H12ClNOS2. The molecule has 0 bridgehead atoms. The fourth-order valence-corrected chi connectivity index (χ4v) is 4.46. The van der Waals surface area contributed by atoms with Gasteiger partial charge in [0.2, 0.25) is 0 Å². The molecule has 2 heterocycles. The third-order valence-corrected chi connectivity index (χ3v) is 5.60. The van der Waals surface area contributed by atoms with Gasteiger partial charge in [-0.1, -0.05) is 17.7 Å². The van der Waals surface area contributed by atoms with Crippen LogP contribution in [-0.4, -0.2) is 23.1 Å². The quantitative estimate of drug-likeness (QED) is 0.825. The fourth-order valence-electron chi connectivity index (χ4n) is 2.10. The van der Waals surface area contributed by atoms with Crippen molar-refractivity contribution in [2.45, 2.75) is 5.37 Å². The fraction of sp³-hybridized carbons (Fsp3) is 0.214. The van der Waals surface area contributed by atoms with Gasteiger partial charge in [-0.3, -0.25) is 4.79 Å². The molecule has 1 aromatic heterocycles. The Bertz CT molecular complexity index is 568. The number of thiophene rings is 1. The van der Waals surface area contributed by atoms with E-state index in [0.717, 1.165) is 12.3 Å². The average Bonchev–Trinajstić information content (AvgIpc) is 3.09. The molecule has 1 fully saturated rings. The van der Waals surface area contributed by atoms with Crippen molar-refractivity contribution in [2.24, 2.45) is 0 Å². The molecule has 1 aliphatic heterocycles. The molecule has 1 amide bonds. The summed E-state index contributed by atoms with van der Waals surface area (Å²) in [6.07, 6.45) is 0. The summed E-state index contributed by atoms with van der Waals surface area (Å²) in [5, 5.41) is 2.87. The largest absolute Gasteiger partial charge is 0.321 e. The zero-order chi connectivity index (χ0) is 13.2. The molecule has 0 spiro atoms. The maximum Gasteiger partial charge on any atom is 0.255 e. The molecule has 0 radical (unpaired) electrons. The maximum atomic E-state index is 12.5. The van der Waals surface area contributed by atoms with Gasteiger partial charge in [0.25, 0.3) is 5.91 Å². The van der Waals surface area contributed by atoms with Crippen LogP contribution in [0, 0.1) is 0 Å². The Morgan fingerprint density at radius 2 is 2.05 bits per heavy atom. The van der Waals surface area contributed by atoms with Gasteiger partial charge in [-0.25, -0.2) is 0 Å². The number of benzene rings is 1. The Morgan fingerprint density at radius 1 is 1.26 bits per heavy atom. The van der Waals surface area contributed by atoms with E-state index in [0.29, 0.717) is 10.6 Å². The second-order valence-electron chi connectivity index (χ2n) is 4.24. The molecule has 2 aromatic rings. The second-order valence-corrected chi connectivity index (χ2v) is 6.85. The molecule has 5 heteroatoms. The number of nitrogens with zero attached hydrogens (tertiary/aromatic N) is 1. The Hall–Kier alpha value is -0.970. The zero-order valence-electron chi connectivity index (χ0n) is 10.1. The van der Waals surface area contributed by atoms with Gasteiger partial charge >= 0.3 is 0 Å². The molecule has 1 aliphatic rings. The second kappa shape index (κ2) is 5.57. The van der Waals surface area contributed by atoms with Gasteiger partial charge in [-0.05, 0) is 35.7 Å². The van der Waals surface area contributed by atoms with Gasteiger partial charge in [-0.2, -0.15) is 0 Å². The summed E-state index contributed by atoms with van der Waals surface area (Å²) < 4.78 is 0. The molecule has 1 saturated heterocycles. The molecule has 0 saturated carbocycles. The maximum absolute atomic E-state index is 12.5.